The fraction of sp³-hybridized carbons (Fsp3) is 0.600. The van der Waals surface area contributed by atoms with Crippen LogP contribution in [0.15, 0.2) is 11.8 Å². The quantitative estimate of drug-likeness (QED) is 0.542. The number of aliphatic hydroxyl groups excluding tert-OH is 1. The van der Waals surface area contributed by atoms with E-state index in [9.17, 15) is 5.11 Å². The molecule has 0 spiro atoms. The van der Waals surface area contributed by atoms with E-state index in [0.717, 1.165) is 12.1 Å². The van der Waals surface area contributed by atoms with Crippen LogP contribution in [0.5, 0.6) is 0 Å². The number of hydrogen-bond donors (Lipinski definition) is 2. The first-order valence-corrected chi connectivity index (χ1v) is 4.16. The molecule has 0 aliphatic carbocycles. The number of hydrogen-bond acceptors (Lipinski definition) is 3. The van der Waals surface area contributed by atoms with Crippen LogP contribution >= 0.6 is 18.8 Å². The summed E-state index contributed by atoms with van der Waals surface area (Å²) in [6, 6.07) is 0. The van der Waals surface area contributed by atoms with Crippen molar-refractivity contribution in [3.63, 3.8) is 0 Å². The summed E-state index contributed by atoms with van der Waals surface area (Å²) < 4.78 is 2.00. The first-order chi connectivity index (χ1) is 4.74. The zero-order valence-corrected chi connectivity index (χ0v) is 7.93. The Bertz CT molecular complexity index is 151. The van der Waals surface area contributed by atoms with Crippen molar-refractivity contribution < 1.29 is 5.11 Å². The molecule has 5 heteroatoms. The molecule has 1 saturated heterocycles. The van der Waals surface area contributed by atoms with Crippen molar-refractivity contribution in [3.05, 3.63) is 11.8 Å². The minimum Gasteiger partial charge on any atom is -0.387 e. The molecule has 2 unspecified atom stereocenters. The van der Waals surface area contributed by atoms with Gasteiger partial charge in [-0.05, 0) is 15.0 Å². The molecule has 10 heavy (non-hydrogen) atoms. The van der Waals surface area contributed by atoms with E-state index in [1.165, 1.54) is 0 Å². The smallest absolute Gasteiger partial charge is 0.0909 e. The van der Waals surface area contributed by atoms with E-state index in [1.54, 1.807) is 0 Å². The Kier molecular flexibility index (Phi) is 3.06. The van der Waals surface area contributed by atoms with E-state index >= 15 is 0 Å². The van der Waals surface area contributed by atoms with Gasteiger partial charge in [0.25, 0.3) is 0 Å². The lowest BCUT2D eigenvalue weighted by atomic mass is 10.2. The maximum atomic E-state index is 9.32. The van der Waals surface area contributed by atoms with Gasteiger partial charge >= 0.3 is 0 Å². The van der Waals surface area contributed by atoms with Crippen LogP contribution in [0, 0.1) is 0 Å². The number of aliphatic hydroxyl groups is 1. The largest absolute Gasteiger partial charge is 0.387 e. The number of rotatable bonds is 1. The van der Waals surface area contributed by atoms with Gasteiger partial charge in [0.2, 0.25) is 0 Å². The SMILES string of the molecule is O[C@H]1CN(P)CC1=CNP. The van der Waals surface area contributed by atoms with Crippen LogP contribution in [-0.2, 0) is 0 Å². The highest BCUT2D eigenvalue weighted by atomic mass is 31.0. The first-order valence-electron chi connectivity index (χ1n) is 3.07. The third-order valence-electron chi connectivity index (χ3n) is 1.49. The van der Waals surface area contributed by atoms with Gasteiger partial charge in [-0.3, -0.25) is 4.67 Å². The lowest BCUT2D eigenvalue weighted by molar-refractivity contribution is 0.219. The molecule has 0 radical (unpaired) electrons. The summed E-state index contributed by atoms with van der Waals surface area (Å²) >= 11 is 0. The number of nitrogens with zero attached hydrogens (tertiary/aromatic N) is 1. The summed E-state index contributed by atoms with van der Waals surface area (Å²) in [5.74, 6) is 0. The van der Waals surface area contributed by atoms with Crippen LogP contribution < -0.4 is 5.09 Å². The fourth-order valence-corrected chi connectivity index (χ4v) is 1.62. The second kappa shape index (κ2) is 3.64. The van der Waals surface area contributed by atoms with Crippen molar-refractivity contribution in [2.75, 3.05) is 13.1 Å². The molecule has 1 rings (SSSR count). The van der Waals surface area contributed by atoms with Crippen molar-refractivity contribution in [2.24, 2.45) is 0 Å². The van der Waals surface area contributed by atoms with Gasteiger partial charge in [-0.1, -0.05) is 9.39 Å². The number of β-amino-alcohol motifs (C(OH)–C–C–N with tert-alkyl or cyclic N) is 1. The Morgan fingerprint density at radius 3 is 2.90 bits per heavy atom. The molecule has 0 saturated carbocycles. The predicted molar refractivity (Wildman–Crippen MR) is 48.2 cm³/mol. The summed E-state index contributed by atoms with van der Waals surface area (Å²) in [5, 5.41) is 12.1. The van der Waals surface area contributed by atoms with E-state index in [2.05, 4.69) is 23.9 Å². The molecular weight excluding hydrogens is 166 g/mol. The Balaban J connectivity index is 2.54. The number of nitrogens with one attached hydrogen (secondary N) is 1. The average Bonchev–Trinajstić information content (AvgIpc) is 2.13. The highest BCUT2D eigenvalue weighted by molar-refractivity contribution is 7.14. The van der Waals surface area contributed by atoms with Gasteiger partial charge in [-0.2, -0.15) is 0 Å². The average molecular weight is 178 g/mol. The van der Waals surface area contributed by atoms with E-state index in [0.29, 0.717) is 6.54 Å². The Morgan fingerprint density at radius 2 is 2.50 bits per heavy atom. The van der Waals surface area contributed by atoms with Crippen LogP contribution in [0.25, 0.3) is 0 Å². The Morgan fingerprint density at radius 1 is 1.80 bits per heavy atom. The zero-order chi connectivity index (χ0) is 7.56. The maximum absolute atomic E-state index is 9.32. The second-order valence-electron chi connectivity index (χ2n) is 2.33. The minimum absolute atomic E-state index is 0.300. The summed E-state index contributed by atoms with van der Waals surface area (Å²) in [5.41, 5.74) is 1.03. The van der Waals surface area contributed by atoms with E-state index < -0.39 is 0 Å². The third kappa shape index (κ3) is 1.90. The van der Waals surface area contributed by atoms with Gasteiger partial charge in [0.1, 0.15) is 0 Å². The maximum Gasteiger partial charge on any atom is 0.0909 e. The van der Waals surface area contributed by atoms with Gasteiger partial charge in [-0.15, -0.1) is 0 Å². The molecule has 0 aromatic carbocycles. The van der Waals surface area contributed by atoms with Crippen LogP contribution in [0.1, 0.15) is 0 Å². The van der Waals surface area contributed by atoms with Crippen LogP contribution in [-0.4, -0.2) is 29.0 Å². The van der Waals surface area contributed by atoms with Gasteiger partial charge < -0.3 is 10.2 Å². The van der Waals surface area contributed by atoms with Gasteiger partial charge in [0, 0.05) is 19.3 Å². The molecule has 58 valence electrons. The highest BCUT2D eigenvalue weighted by Crippen LogP contribution is 2.18. The first kappa shape index (κ1) is 8.42. The van der Waals surface area contributed by atoms with Crippen LogP contribution in [0.3, 0.4) is 0 Å². The van der Waals surface area contributed by atoms with Crippen LogP contribution in [0.2, 0.25) is 0 Å². The third-order valence-corrected chi connectivity index (χ3v) is 2.05. The molecule has 0 aromatic rings. The lowest BCUT2D eigenvalue weighted by Gasteiger charge is -2.01. The van der Waals surface area contributed by atoms with Crippen molar-refractivity contribution in [1.29, 1.82) is 0 Å². The van der Waals surface area contributed by atoms with E-state index in [-0.39, 0.29) is 6.10 Å². The van der Waals surface area contributed by atoms with Crippen molar-refractivity contribution in [1.82, 2.24) is 9.76 Å². The minimum atomic E-state index is -0.300. The molecule has 3 nitrogen and oxygen atoms in total. The highest BCUT2D eigenvalue weighted by Gasteiger charge is 2.21. The molecule has 1 heterocycles. The van der Waals surface area contributed by atoms with Crippen molar-refractivity contribution in [3.8, 4) is 0 Å². The van der Waals surface area contributed by atoms with E-state index in [1.807, 2.05) is 10.9 Å². The molecule has 1 aliphatic rings. The summed E-state index contributed by atoms with van der Waals surface area (Å²) in [6.07, 6.45) is 1.52. The second-order valence-corrected chi connectivity index (χ2v) is 3.39. The normalized spacial score (nSPS) is 31.5. The molecule has 1 fully saturated rings. The summed E-state index contributed by atoms with van der Waals surface area (Å²) in [6.45, 7) is 1.54. The summed E-state index contributed by atoms with van der Waals surface area (Å²) in [7, 11) is 4.94. The molecule has 3 atom stereocenters. The standard InChI is InChI=1S/C5H12N2OP2/c8-5-3-7(10)2-4(5)1-6-9/h1,5-6,8H,2-3,9-10H2/t5-/m0/s1. The molecule has 1 aliphatic heterocycles. The van der Waals surface area contributed by atoms with Gasteiger partial charge in [0.05, 0.1) is 6.10 Å². The topological polar surface area (TPSA) is 35.5 Å². The van der Waals surface area contributed by atoms with Crippen molar-refractivity contribution in [2.45, 2.75) is 6.10 Å². The van der Waals surface area contributed by atoms with Crippen LogP contribution in [0.4, 0.5) is 0 Å². The predicted octanol–water partition coefficient (Wildman–Crippen LogP) is -0.283. The van der Waals surface area contributed by atoms with Gasteiger partial charge in [-0.25, -0.2) is 0 Å². The molecule has 0 amide bonds. The molecule has 2 N–H and O–H groups in total. The lowest BCUT2D eigenvalue weighted by Crippen LogP contribution is -2.11. The summed E-state index contributed by atoms with van der Waals surface area (Å²) in [4.78, 5) is 0. The van der Waals surface area contributed by atoms with Gasteiger partial charge in [0.15, 0.2) is 0 Å². The molecule has 0 aromatic heterocycles. The molecular formula is C5H12N2OP2. The molecule has 0 bridgehead atoms. The van der Waals surface area contributed by atoms with E-state index in [4.69, 9.17) is 0 Å². The monoisotopic (exact) mass is 178 g/mol. The van der Waals surface area contributed by atoms with Crippen molar-refractivity contribution >= 4 is 18.8 Å². The fourth-order valence-electron chi connectivity index (χ4n) is 0.993. The zero-order valence-electron chi connectivity index (χ0n) is 5.62. The Hall–Kier alpha value is 0.320. The Labute approximate surface area is 65.4 Å².